The fourth-order valence-corrected chi connectivity index (χ4v) is 6.59. The molecule has 0 saturated carbocycles. The van der Waals surface area contributed by atoms with Gasteiger partial charge in [-0.1, -0.05) is 49.2 Å². The number of benzene rings is 2. The highest BCUT2D eigenvalue weighted by molar-refractivity contribution is 7.91. The first kappa shape index (κ1) is 31.5. The number of hydrogen-bond donors (Lipinski definition) is 2. The summed E-state index contributed by atoms with van der Waals surface area (Å²) < 4.78 is 23.4. The first-order valence-electron chi connectivity index (χ1n) is 14.2. The summed E-state index contributed by atoms with van der Waals surface area (Å²) >= 11 is 6.10. The third-order valence-corrected chi connectivity index (χ3v) is 9.79. The van der Waals surface area contributed by atoms with E-state index in [-0.39, 0.29) is 68.1 Å². The predicted octanol–water partition coefficient (Wildman–Crippen LogP) is 2.86. The van der Waals surface area contributed by atoms with Crippen LogP contribution in [0.1, 0.15) is 49.3 Å². The number of carbonyl (C=O) groups excluding carboxylic acids is 4. The number of hydrogen-bond acceptors (Lipinski definition) is 6. The lowest BCUT2D eigenvalue weighted by Crippen LogP contribution is -2.56. The number of carbonyl (C=O) groups is 4. The Balaban J connectivity index is 1.45. The largest absolute Gasteiger partial charge is 0.342 e. The van der Waals surface area contributed by atoms with Gasteiger partial charge < -0.3 is 20.4 Å². The molecule has 0 aliphatic carbocycles. The van der Waals surface area contributed by atoms with Crippen LogP contribution in [0.3, 0.4) is 0 Å². The molecule has 42 heavy (non-hydrogen) atoms. The molecule has 4 amide bonds. The summed E-state index contributed by atoms with van der Waals surface area (Å²) in [6.07, 6.45) is 1.15. The van der Waals surface area contributed by atoms with Crippen molar-refractivity contribution < 1.29 is 27.6 Å². The second-order valence-electron chi connectivity index (χ2n) is 10.8. The van der Waals surface area contributed by atoms with Gasteiger partial charge in [-0.2, -0.15) is 0 Å². The number of aryl methyl sites for hydroxylation is 1. The molecule has 2 atom stereocenters. The molecule has 2 aromatic carbocycles. The molecule has 2 N–H and O–H groups in total. The van der Waals surface area contributed by atoms with Crippen molar-refractivity contribution in [3.63, 3.8) is 0 Å². The van der Waals surface area contributed by atoms with Gasteiger partial charge in [-0.15, -0.1) is 0 Å². The fraction of sp³-hybridized carbons (Fsp3) is 0.467. The topological polar surface area (TPSA) is 133 Å². The summed E-state index contributed by atoms with van der Waals surface area (Å²) in [5, 5.41) is 6.30. The molecule has 2 heterocycles. The van der Waals surface area contributed by atoms with Gasteiger partial charge in [-0.25, -0.2) is 8.42 Å². The van der Waals surface area contributed by atoms with Crippen molar-refractivity contribution in [1.82, 2.24) is 15.1 Å². The quantitative estimate of drug-likeness (QED) is 0.445. The Morgan fingerprint density at radius 2 is 1.67 bits per heavy atom. The fourth-order valence-electron chi connectivity index (χ4n) is 5.27. The highest BCUT2D eigenvalue weighted by atomic mass is 35.5. The van der Waals surface area contributed by atoms with E-state index in [4.69, 9.17) is 11.6 Å². The van der Waals surface area contributed by atoms with E-state index in [2.05, 4.69) is 10.6 Å². The van der Waals surface area contributed by atoms with Gasteiger partial charge in [0, 0.05) is 49.6 Å². The Morgan fingerprint density at radius 3 is 2.33 bits per heavy atom. The molecule has 1 fully saturated rings. The number of nitrogens with one attached hydrogen (secondary N) is 2. The first-order chi connectivity index (χ1) is 20.0. The molecule has 0 radical (unpaired) electrons. The van der Waals surface area contributed by atoms with E-state index < -0.39 is 27.8 Å². The molecule has 0 spiro atoms. The number of nitrogens with zero attached hydrogens (tertiary/aromatic N) is 2. The second kappa shape index (κ2) is 13.7. The van der Waals surface area contributed by atoms with Crippen LogP contribution < -0.4 is 10.6 Å². The van der Waals surface area contributed by atoms with E-state index >= 15 is 0 Å². The Kier molecular flexibility index (Phi) is 10.3. The summed E-state index contributed by atoms with van der Waals surface area (Å²) in [5.41, 5.74) is 3.24. The van der Waals surface area contributed by atoms with Gasteiger partial charge in [0.05, 0.1) is 11.5 Å². The van der Waals surface area contributed by atoms with Crippen LogP contribution in [0.25, 0.3) is 0 Å². The minimum absolute atomic E-state index is 0.0766. The maximum atomic E-state index is 13.7. The summed E-state index contributed by atoms with van der Waals surface area (Å²) in [5.74, 6) is -1.60. The Labute approximate surface area is 251 Å². The number of sulfone groups is 1. The van der Waals surface area contributed by atoms with E-state index in [1.165, 1.54) is 9.80 Å². The van der Waals surface area contributed by atoms with Crippen LogP contribution >= 0.6 is 11.6 Å². The zero-order valence-electron chi connectivity index (χ0n) is 23.9. The Bertz CT molecular complexity index is 1450. The van der Waals surface area contributed by atoms with Crippen molar-refractivity contribution in [2.45, 2.75) is 64.6 Å². The van der Waals surface area contributed by atoms with Crippen molar-refractivity contribution in [2.24, 2.45) is 0 Å². The molecule has 2 aliphatic heterocycles. The van der Waals surface area contributed by atoms with Crippen molar-refractivity contribution in [3.8, 4) is 0 Å². The van der Waals surface area contributed by atoms with Crippen LogP contribution in [-0.2, 0) is 42.0 Å². The number of halogens is 1. The molecule has 0 unspecified atom stereocenters. The van der Waals surface area contributed by atoms with E-state index in [1.807, 2.05) is 38.1 Å². The minimum atomic E-state index is -3.13. The van der Waals surface area contributed by atoms with Crippen LogP contribution in [0, 0.1) is 6.92 Å². The molecular formula is C30H37ClN4O6S. The summed E-state index contributed by atoms with van der Waals surface area (Å²) in [6, 6.07) is 11.1. The maximum Gasteiger partial charge on any atom is 0.246 e. The average molecular weight is 617 g/mol. The molecule has 1 saturated heterocycles. The van der Waals surface area contributed by atoms with Gasteiger partial charge in [0.1, 0.15) is 12.1 Å². The van der Waals surface area contributed by atoms with Crippen LogP contribution in [0.5, 0.6) is 0 Å². The highest BCUT2D eigenvalue weighted by Gasteiger charge is 2.36. The summed E-state index contributed by atoms with van der Waals surface area (Å²) in [4.78, 5) is 56.0. The lowest BCUT2D eigenvalue weighted by molar-refractivity contribution is -0.144. The maximum absolute atomic E-state index is 13.7. The molecule has 0 aromatic heterocycles. The Hall–Kier alpha value is -3.44. The number of anilines is 1. The molecule has 12 heteroatoms. The molecule has 10 nitrogen and oxygen atoms in total. The molecule has 4 rings (SSSR count). The third-order valence-electron chi connectivity index (χ3n) is 7.76. The first-order valence-corrected chi connectivity index (χ1v) is 16.4. The Morgan fingerprint density at radius 1 is 1.00 bits per heavy atom. The second-order valence-corrected chi connectivity index (χ2v) is 13.6. The van der Waals surface area contributed by atoms with Gasteiger partial charge in [0.2, 0.25) is 23.6 Å². The van der Waals surface area contributed by atoms with Gasteiger partial charge in [0.25, 0.3) is 0 Å². The van der Waals surface area contributed by atoms with Crippen LogP contribution in [0.4, 0.5) is 5.69 Å². The van der Waals surface area contributed by atoms with Gasteiger partial charge in [0.15, 0.2) is 9.84 Å². The molecule has 2 aromatic rings. The molecule has 226 valence electrons. The highest BCUT2D eigenvalue weighted by Crippen LogP contribution is 2.25. The monoisotopic (exact) mass is 616 g/mol. The van der Waals surface area contributed by atoms with E-state index in [0.717, 1.165) is 16.7 Å². The normalized spacial score (nSPS) is 18.5. The van der Waals surface area contributed by atoms with Gasteiger partial charge in [-0.3, -0.25) is 19.2 Å². The smallest absolute Gasteiger partial charge is 0.246 e. The lowest BCUT2D eigenvalue weighted by atomic mass is 9.92. The third kappa shape index (κ3) is 7.89. The molecule has 2 aliphatic rings. The van der Waals surface area contributed by atoms with E-state index in [0.29, 0.717) is 23.6 Å². The van der Waals surface area contributed by atoms with E-state index in [1.54, 1.807) is 18.2 Å². The standard InChI is InChI=1S/C30H37ClN4O6S/c1-3-6-25(29(38)32-23-9-10-24(31)20(2)17-23)33-30(39)26-18-21-7-4-5-8-22(21)19-35(26)28(37)12-11-27(36)34-13-15-42(40,41)16-14-34/h4-5,7-10,17,25-26H,3,6,11-16,18-19H2,1-2H3,(H,32,38)(H,33,39)/t25-,26-/m0/s1. The summed E-state index contributed by atoms with van der Waals surface area (Å²) in [6.45, 7) is 4.19. The van der Waals surface area contributed by atoms with Crippen molar-refractivity contribution in [3.05, 3.63) is 64.2 Å². The SMILES string of the molecule is CCC[C@H](NC(=O)[C@@H]1Cc2ccccc2CN1C(=O)CCC(=O)N1CCS(=O)(=O)CC1)C(=O)Nc1ccc(Cl)c(C)c1. The number of fused-ring (bicyclic) bond motifs is 1. The number of rotatable bonds is 9. The van der Waals surface area contributed by atoms with Crippen molar-refractivity contribution >= 4 is 50.8 Å². The van der Waals surface area contributed by atoms with Crippen molar-refractivity contribution in [2.75, 3.05) is 29.9 Å². The minimum Gasteiger partial charge on any atom is -0.342 e. The predicted molar refractivity (Wildman–Crippen MR) is 161 cm³/mol. The van der Waals surface area contributed by atoms with Crippen molar-refractivity contribution in [1.29, 1.82) is 0 Å². The lowest BCUT2D eigenvalue weighted by Gasteiger charge is -2.37. The van der Waals surface area contributed by atoms with E-state index in [9.17, 15) is 27.6 Å². The number of amides is 4. The average Bonchev–Trinajstić information content (AvgIpc) is 2.96. The zero-order valence-corrected chi connectivity index (χ0v) is 25.5. The van der Waals surface area contributed by atoms with Gasteiger partial charge in [-0.05, 0) is 48.2 Å². The zero-order chi connectivity index (χ0) is 30.4. The molecule has 0 bridgehead atoms. The van der Waals surface area contributed by atoms with Crippen LogP contribution in [-0.4, -0.2) is 78.5 Å². The summed E-state index contributed by atoms with van der Waals surface area (Å²) in [7, 11) is -3.13. The van der Waals surface area contributed by atoms with Crippen LogP contribution in [0.2, 0.25) is 5.02 Å². The van der Waals surface area contributed by atoms with Gasteiger partial charge >= 0.3 is 0 Å². The van der Waals surface area contributed by atoms with Crippen LogP contribution in [0.15, 0.2) is 42.5 Å². The molecular weight excluding hydrogens is 580 g/mol.